The van der Waals surface area contributed by atoms with Gasteiger partial charge in [-0.3, -0.25) is 0 Å². The van der Waals surface area contributed by atoms with E-state index in [9.17, 15) is 0 Å². The van der Waals surface area contributed by atoms with Gasteiger partial charge in [0.15, 0.2) is 0 Å². The van der Waals surface area contributed by atoms with Gasteiger partial charge in [0.05, 0.1) is 0 Å². The molecule has 2 aliphatic rings. The second-order valence-corrected chi connectivity index (χ2v) is 10.6. The van der Waals surface area contributed by atoms with Gasteiger partial charge in [-0.1, -0.05) is 0 Å². The Labute approximate surface area is 97.3 Å². The molecule has 0 aromatic carbocycles. The summed E-state index contributed by atoms with van der Waals surface area (Å²) in [5, 5.41) is 3.76. The van der Waals surface area contributed by atoms with Crippen LogP contribution in [0, 0.1) is 0 Å². The molecule has 0 saturated carbocycles. The molecule has 2 aliphatic heterocycles. The molecule has 1 N–H and O–H groups in total. The summed E-state index contributed by atoms with van der Waals surface area (Å²) in [6, 6.07) is 0. The van der Waals surface area contributed by atoms with Crippen LogP contribution in [0.5, 0.6) is 0 Å². The van der Waals surface area contributed by atoms with Crippen molar-refractivity contribution < 1.29 is 0 Å². The lowest BCUT2D eigenvalue weighted by atomic mass is 10.2. The zero-order chi connectivity index (χ0) is 10.7. The Morgan fingerprint density at radius 1 is 0.933 bits per heavy atom. The molecule has 0 bridgehead atoms. The summed E-state index contributed by atoms with van der Waals surface area (Å²) in [7, 11) is 0.759. The molecular formula is C12H25NP2. The van der Waals surface area contributed by atoms with Crippen LogP contribution in [-0.2, 0) is 0 Å². The predicted octanol–water partition coefficient (Wildman–Crippen LogP) is 3.12. The van der Waals surface area contributed by atoms with E-state index in [1.54, 1.807) is 0 Å². The van der Waals surface area contributed by atoms with Crippen molar-refractivity contribution in [1.29, 1.82) is 0 Å². The highest BCUT2D eigenvalue weighted by molar-refractivity contribution is 7.58. The Bertz CT molecular complexity index is 178. The Morgan fingerprint density at radius 2 is 1.40 bits per heavy atom. The summed E-state index contributed by atoms with van der Waals surface area (Å²) in [6.07, 6.45) is 9.07. The van der Waals surface area contributed by atoms with Crippen molar-refractivity contribution in [2.24, 2.45) is 0 Å². The third-order valence-electron chi connectivity index (χ3n) is 4.10. The maximum atomic E-state index is 3.76. The monoisotopic (exact) mass is 245 g/mol. The third kappa shape index (κ3) is 3.39. The molecule has 0 aliphatic carbocycles. The predicted molar refractivity (Wildman–Crippen MR) is 74.3 cm³/mol. The molecule has 0 unspecified atom stereocenters. The highest BCUT2D eigenvalue weighted by atomic mass is 31.1. The van der Waals surface area contributed by atoms with E-state index in [0.29, 0.717) is 15.8 Å². The molecule has 0 spiro atoms. The van der Waals surface area contributed by atoms with Crippen LogP contribution in [0.15, 0.2) is 0 Å². The van der Waals surface area contributed by atoms with Crippen LogP contribution in [-0.4, -0.2) is 50.1 Å². The number of rotatable bonds is 4. The van der Waals surface area contributed by atoms with Crippen molar-refractivity contribution in [2.45, 2.75) is 37.0 Å². The van der Waals surface area contributed by atoms with E-state index in [0.717, 1.165) is 11.3 Å². The van der Waals surface area contributed by atoms with E-state index in [-0.39, 0.29) is 0 Å². The second-order valence-electron chi connectivity index (χ2n) is 5.21. The molecule has 0 amide bonds. The van der Waals surface area contributed by atoms with Crippen LogP contribution in [0.25, 0.3) is 0 Å². The minimum absolute atomic E-state index is 0.379. The lowest BCUT2D eigenvalue weighted by Crippen LogP contribution is -2.30. The molecule has 0 aromatic heterocycles. The molecular weight excluding hydrogens is 220 g/mol. The Hall–Kier alpha value is 0.820. The maximum absolute atomic E-state index is 3.76. The Kier molecular flexibility index (Phi) is 4.87. The summed E-state index contributed by atoms with van der Waals surface area (Å²) in [5.41, 5.74) is 2.09. The molecule has 0 radical (unpaired) electrons. The van der Waals surface area contributed by atoms with Gasteiger partial charge in [0, 0.05) is 13.1 Å². The van der Waals surface area contributed by atoms with Crippen LogP contribution in [0.1, 0.15) is 25.7 Å². The average molecular weight is 245 g/mol. The Balaban J connectivity index is 1.62. The van der Waals surface area contributed by atoms with Crippen molar-refractivity contribution >= 4 is 15.8 Å². The van der Waals surface area contributed by atoms with E-state index in [1.807, 2.05) is 0 Å². The summed E-state index contributed by atoms with van der Waals surface area (Å²) < 4.78 is 0. The van der Waals surface area contributed by atoms with Crippen molar-refractivity contribution in [2.75, 3.05) is 38.7 Å². The molecule has 2 heterocycles. The first-order chi connectivity index (χ1) is 7.27. The topological polar surface area (TPSA) is 12.0 Å². The lowest BCUT2D eigenvalue weighted by Gasteiger charge is -2.20. The largest absolute Gasteiger partial charge is 0.315 e. The standard InChI is InChI=1S/C12H25NP2/c1-14-7-3-5-11(14)9-13-10-12-6-4-8-15(12)2/h11-13H,3-10H2,1-2H3/t11-,12-,14+,15+/m1/s1. The van der Waals surface area contributed by atoms with Crippen molar-refractivity contribution in [3.8, 4) is 0 Å². The fourth-order valence-electron chi connectivity index (χ4n) is 2.89. The lowest BCUT2D eigenvalue weighted by molar-refractivity contribution is 0.616. The van der Waals surface area contributed by atoms with Gasteiger partial charge in [-0.15, -0.1) is 15.8 Å². The number of hydrogen-bond donors (Lipinski definition) is 1. The van der Waals surface area contributed by atoms with E-state index < -0.39 is 0 Å². The molecule has 2 saturated heterocycles. The van der Waals surface area contributed by atoms with Gasteiger partial charge >= 0.3 is 0 Å². The highest BCUT2D eigenvalue weighted by Gasteiger charge is 2.25. The van der Waals surface area contributed by atoms with Gasteiger partial charge in [-0.05, 0) is 62.7 Å². The molecule has 0 aromatic rings. The van der Waals surface area contributed by atoms with E-state index >= 15 is 0 Å². The smallest absolute Gasteiger partial charge is 0.00191 e. The molecule has 1 nitrogen and oxygen atoms in total. The van der Waals surface area contributed by atoms with Crippen LogP contribution in [0.4, 0.5) is 0 Å². The Morgan fingerprint density at radius 3 is 1.73 bits per heavy atom. The molecule has 15 heavy (non-hydrogen) atoms. The fraction of sp³-hybridized carbons (Fsp3) is 1.00. The molecule has 2 rings (SSSR count). The van der Waals surface area contributed by atoms with E-state index in [2.05, 4.69) is 18.6 Å². The quantitative estimate of drug-likeness (QED) is 0.750. The van der Waals surface area contributed by atoms with Crippen LogP contribution in [0.3, 0.4) is 0 Å². The first kappa shape index (κ1) is 12.3. The molecule has 88 valence electrons. The first-order valence-electron chi connectivity index (χ1n) is 6.38. The van der Waals surface area contributed by atoms with Gasteiger partial charge in [-0.25, -0.2) is 0 Å². The van der Waals surface area contributed by atoms with Crippen molar-refractivity contribution in [3.63, 3.8) is 0 Å². The first-order valence-corrected chi connectivity index (χ1v) is 10.5. The normalized spacial score (nSPS) is 41.2. The zero-order valence-electron chi connectivity index (χ0n) is 10.2. The SMILES string of the molecule is C[P@@]1CCC[C@@H]1CNC[C@H]1CCC[P@]1C. The molecule has 3 heteroatoms. The van der Waals surface area contributed by atoms with Gasteiger partial charge in [0.1, 0.15) is 0 Å². The van der Waals surface area contributed by atoms with E-state index in [4.69, 9.17) is 0 Å². The van der Waals surface area contributed by atoms with Gasteiger partial charge < -0.3 is 5.32 Å². The van der Waals surface area contributed by atoms with Crippen molar-refractivity contribution in [3.05, 3.63) is 0 Å². The number of hydrogen-bond acceptors (Lipinski definition) is 1. The van der Waals surface area contributed by atoms with Gasteiger partial charge in [-0.2, -0.15) is 0 Å². The molecule has 4 atom stereocenters. The summed E-state index contributed by atoms with van der Waals surface area (Å²) in [6.45, 7) is 7.64. The highest BCUT2D eigenvalue weighted by Crippen LogP contribution is 2.47. The van der Waals surface area contributed by atoms with Gasteiger partial charge in [0.2, 0.25) is 0 Å². The average Bonchev–Trinajstić information content (AvgIpc) is 2.78. The molecule has 2 fully saturated rings. The van der Waals surface area contributed by atoms with E-state index in [1.165, 1.54) is 51.1 Å². The number of nitrogens with one attached hydrogen (secondary N) is 1. The zero-order valence-corrected chi connectivity index (χ0v) is 12.0. The third-order valence-corrected chi connectivity index (χ3v) is 9.52. The van der Waals surface area contributed by atoms with Crippen LogP contribution >= 0.6 is 15.8 Å². The maximum Gasteiger partial charge on any atom is 0.00191 e. The summed E-state index contributed by atoms with van der Waals surface area (Å²) in [4.78, 5) is 0. The summed E-state index contributed by atoms with van der Waals surface area (Å²) in [5.74, 6) is 0. The second kappa shape index (κ2) is 5.95. The van der Waals surface area contributed by atoms with Crippen molar-refractivity contribution in [1.82, 2.24) is 5.32 Å². The minimum atomic E-state index is 0.379. The van der Waals surface area contributed by atoms with Crippen LogP contribution in [0.2, 0.25) is 0 Å². The minimum Gasteiger partial charge on any atom is -0.315 e. The van der Waals surface area contributed by atoms with Gasteiger partial charge in [0.25, 0.3) is 0 Å². The van der Waals surface area contributed by atoms with Crippen LogP contribution < -0.4 is 5.32 Å². The fourth-order valence-corrected chi connectivity index (χ4v) is 7.11. The summed E-state index contributed by atoms with van der Waals surface area (Å²) >= 11 is 0.